The molecule has 0 saturated heterocycles. The Bertz CT molecular complexity index is 1180. The normalized spacial score (nSPS) is 12.0. The summed E-state index contributed by atoms with van der Waals surface area (Å²) in [6, 6.07) is 7.90. The molecule has 3 aromatic rings. The topological polar surface area (TPSA) is 92.3 Å². The van der Waals surface area contributed by atoms with Gasteiger partial charge in [-0.3, -0.25) is 4.79 Å². The number of nitrogens with zero attached hydrogens (tertiary/aromatic N) is 3. The van der Waals surface area contributed by atoms with E-state index in [-0.39, 0.29) is 39.3 Å². The molecule has 0 aliphatic carbocycles. The highest BCUT2D eigenvalue weighted by molar-refractivity contribution is 6.32. The van der Waals surface area contributed by atoms with Crippen molar-refractivity contribution in [3.05, 3.63) is 58.4 Å². The highest BCUT2D eigenvalue weighted by Gasteiger charge is 2.37. The highest BCUT2D eigenvalue weighted by atomic mass is 35.5. The van der Waals surface area contributed by atoms with Crippen LogP contribution in [0.2, 0.25) is 5.02 Å². The summed E-state index contributed by atoms with van der Waals surface area (Å²) in [4.78, 5) is 11.3. The number of nitrogens with two attached hydrogens (primary N) is 1. The molecule has 7 nitrogen and oxygen atoms in total. The molecule has 0 aliphatic heterocycles. The molecule has 11 heteroatoms. The molecule has 32 heavy (non-hydrogen) atoms. The van der Waals surface area contributed by atoms with E-state index < -0.39 is 23.2 Å². The van der Waals surface area contributed by atoms with Crippen LogP contribution in [0.15, 0.2) is 36.4 Å². The number of methoxy groups -OCH3 is 1. The minimum absolute atomic E-state index is 0.00169. The van der Waals surface area contributed by atoms with Crippen molar-refractivity contribution < 1.29 is 27.4 Å². The summed E-state index contributed by atoms with van der Waals surface area (Å²) in [6.07, 6.45) is -4.63. The van der Waals surface area contributed by atoms with Crippen molar-refractivity contribution >= 4 is 17.5 Å². The van der Waals surface area contributed by atoms with Crippen molar-refractivity contribution in [2.75, 3.05) is 7.11 Å². The molecule has 2 aromatic carbocycles. The lowest BCUT2D eigenvalue weighted by molar-refractivity contribution is -0.137. The van der Waals surface area contributed by atoms with E-state index >= 15 is 0 Å². The molecule has 2 N–H and O–H groups in total. The van der Waals surface area contributed by atoms with Crippen molar-refractivity contribution in [1.82, 2.24) is 14.8 Å². The Morgan fingerprint density at radius 3 is 2.38 bits per heavy atom. The lowest BCUT2D eigenvalue weighted by Crippen LogP contribution is -2.29. The largest absolute Gasteiger partial charge is 0.497 e. The van der Waals surface area contributed by atoms with E-state index in [9.17, 15) is 18.0 Å². The molecule has 0 spiro atoms. The van der Waals surface area contributed by atoms with Crippen LogP contribution >= 0.6 is 11.6 Å². The number of alkyl halides is 3. The molecule has 170 valence electrons. The molecular weight excluding hydrogens is 449 g/mol. The molecule has 3 rings (SSSR count). The van der Waals surface area contributed by atoms with E-state index in [1.165, 1.54) is 49.1 Å². The van der Waals surface area contributed by atoms with Gasteiger partial charge < -0.3 is 19.8 Å². The fourth-order valence-electron chi connectivity index (χ4n) is 3.23. The second kappa shape index (κ2) is 8.34. The maximum Gasteiger partial charge on any atom is 0.417 e. The Balaban J connectivity index is 2.01. The fourth-order valence-corrected chi connectivity index (χ4v) is 3.44. The van der Waals surface area contributed by atoms with Crippen LogP contribution < -0.4 is 15.2 Å². The third-order valence-corrected chi connectivity index (χ3v) is 5.06. The molecule has 0 aliphatic rings. The zero-order valence-corrected chi connectivity index (χ0v) is 18.4. The Morgan fingerprint density at radius 2 is 1.81 bits per heavy atom. The first kappa shape index (κ1) is 23.4. The van der Waals surface area contributed by atoms with Crippen molar-refractivity contribution in [1.29, 1.82) is 0 Å². The van der Waals surface area contributed by atoms with Crippen LogP contribution in [-0.4, -0.2) is 27.8 Å². The van der Waals surface area contributed by atoms with E-state index in [0.717, 1.165) is 6.07 Å². The molecule has 0 atom stereocenters. The smallest absolute Gasteiger partial charge is 0.417 e. The van der Waals surface area contributed by atoms with Gasteiger partial charge in [0.1, 0.15) is 11.5 Å². The average molecular weight is 469 g/mol. The van der Waals surface area contributed by atoms with E-state index in [4.69, 9.17) is 26.8 Å². The molecule has 0 unspecified atom stereocenters. The predicted molar refractivity (Wildman–Crippen MR) is 112 cm³/mol. The number of primary amides is 1. The van der Waals surface area contributed by atoms with Gasteiger partial charge in [-0.25, -0.2) is 0 Å². The summed E-state index contributed by atoms with van der Waals surface area (Å²) < 4.78 is 53.3. The van der Waals surface area contributed by atoms with Crippen molar-refractivity contribution in [2.45, 2.75) is 25.6 Å². The van der Waals surface area contributed by atoms with Gasteiger partial charge in [-0.1, -0.05) is 11.6 Å². The number of halogens is 4. The van der Waals surface area contributed by atoms with Gasteiger partial charge in [-0.15, -0.1) is 10.2 Å². The van der Waals surface area contributed by atoms with E-state index in [2.05, 4.69) is 10.2 Å². The highest BCUT2D eigenvalue weighted by Crippen LogP contribution is 2.39. The quantitative estimate of drug-likeness (QED) is 0.572. The van der Waals surface area contributed by atoms with Crippen molar-refractivity contribution in [3.8, 4) is 22.9 Å². The van der Waals surface area contributed by atoms with Crippen LogP contribution in [0.3, 0.4) is 0 Å². The van der Waals surface area contributed by atoms with Crippen LogP contribution in [0.25, 0.3) is 11.4 Å². The van der Waals surface area contributed by atoms with Gasteiger partial charge in [0.15, 0.2) is 17.2 Å². The summed E-state index contributed by atoms with van der Waals surface area (Å²) >= 11 is 6.19. The monoisotopic (exact) mass is 468 g/mol. The van der Waals surface area contributed by atoms with E-state index in [0.29, 0.717) is 0 Å². The van der Waals surface area contributed by atoms with Crippen LogP contribution in [0.5, 0.6) is 11.5 Å². The zero-order valence-electron chi connectivity index (χ0n) is 17.6. The first-order valence-electron chi connectivity index (χ1n) is 9.29. The fraction of sp³-hybridized carbons (Fsp3) is 0.286. The molecule has 1 aromatic heterocycles. The van der Waals surface area contributed by atoms with Gasteiger partial charge >= 0.3 is 6.18 Å². The summed E-state index contributed by atoms with van der Waals surface area (Å²) in [5.74, 6) is -0.0725. The number of carbonyl (C=O) groups excluding carboxylic acids is 1. The molecule has 0 fully saturated rings. The zero-order chi connectivity index (χ0) is 23.8. The minimum Gasteiger partial charge on any atom is -0.497 e. The molecule has 1 amide bonds. The number of ether oxygens (including phenoxy) is 2. The minimum atomic E-state index is -4.63. The number of aromatic nitrogens is 3. The molecule has 0 saturated carbocycles. The first-order valence-corrected chi connectivity index (χ1v) is 9.67. The number of rotatable bonds is 6. The Labute approximate surface area is 186 Å². The van der Waals surface area contributed by atoms with Gasteiger partial charge in [0.25, 0.3) is 0 Å². The SMILES string of the molecule is COc1ccc(-c2nnc(C(C)(C)Oc3ccc(C(N)=O)cc3Cl)n2C)c(C(F)(F)F)c1. The van der Waals surface area contributed by atoms with Crippen LogP contribution in [0.1, 0.15) is 35.6 Å². The number of hydrogen-bond donors (Lipinski definition) is 1. The standard InChI is InChI=1S/C21H20ClF3N4O3/c1-20(2,32-16-8-5-11(17(26)30)9-15(16)22)19-28-27-18(29(19)3)13-7-6-12(31-4)10-14(13)21(23,24)25/h5-10H,1-4H3,(H2,26,30). The Morgan fingerprint density at radius 1 is 1.12 bits per heavy atom. The third kappa shape index (κ3) is 4.50. The Hall–Kier alpha value is -3.27. The number of benzene rings is 2. The van der Waals surface area contributed by atoms with Crippen molar-refractivity contribution in [3.63, 3.8) is 0 Å². The number of hydrogen-bond acceptors (Lipinski definition) is 5. The maximum atomic E-state index is 13.7. The third-order valence-electron chi connectivity index (χ3n) is 4.77. The summed E-state index contributed by atoms with van der Waals surface area (Å²) in [6.45, 7) is 3.33. The second-order valence-electron chi connectivity index (χ2n) is 7.44. The average Bonchev–Trinajstić information content (AvgIpc) is 3.10. The lowest BCUT2D eigenvalue weighted by atomic mass is 10.1. The number of amides is 1. The van der Waals surface area contributed by atoms with E-state index in [1.807, 2.05) is 0 Å². The molecule has 0 radical (unpaired) electrons. The molecule has 0 bridgehead atoms. The number of carbonyl (C=O) groups is 1. The van der Waals surface area contributed by atoms with Gasteiger partial charge in [0.2, 0.25) is 5.91 Å². The van der Waals surface area contributed by atoms with Gasteiger partial charge in [0, 0.05) is 18.2 Å². The summed E-state index contributed by atoms with van der Waals surface area (Å²) in [5.41, 5.74) is 3.26. The molecule has 1 heterocycles. The second-order valence-corrected chi connectivity index (χ2v) is 7.84. The predicted octanol–water partition coefficient (Wildman–Crippen LogP) is 4.58. The first-order chi connectivity index (χ1) is 14.8. The Kier molecular flexibility index (Phi) is 6.10. The van der Waals surface area contributed by atoms with Crippen LogP contribution in [-0.2, 0) is 18.8 Å². The van der Waals surface area contributed by atoms with E-state index in [1.54, 1.807) is 13.8 Å². The lowest BCUT2D eigenvalue weighted by Gasteiger charge is -2.26. The maximum absolute atomic E-state index is 13.7. The van der Waals surface area contributed by atoms with Gasteiger partial charge in [-0.05, 0) is 50.2 Å². The van der Waals surface area contributed by atoms with Gasteiger partial charge in [-0.2, -0.15) is 13.2 Å². The van der Waals surface area contributed by atoms with Gasteiger partial charge in [0.05, 0.1) is 17.7 Å². The summed E-state index contributed by atoms with van der Waals surface area (Å²) in [5, 5.41) is 8.20. The van der Waals surface area contributed by atoms with Crippen LogP contribution in [0, 0.1) is 0 Å². The van der Waals surface area contributed by atoms with Crippen LogP contribution in [0.4, 0.5) is 13.2 Å². The molecular formula is C21H20ClF3N4O3. The summed E-state index contributed by atoms with van der Waals surface area (Å²) in [7, 11) is 2.83. The van der Waals surface area contributed by atoms with Crippen molar-refractivity contribution in [2.24, 2.45) is 12.8 Å².